The van der Waals surface area contributed by atoms with Gasteiger partial charge in [-0.2, -0.15) is 12.7 Å². The first-order chi connectivity index (χ1) is 15.3. The maximum absolute atomic E-state index is 13.1. The van der Waals surface area contributed by atoms with Gasteiger partial charge < -0.3 is 10.1 Å². The van der Waals surface area contributed by atoms with E-state index in [0.717, 1.165) is 42.2 Å². The predicted octanol–water partition coefficient (Wildman–Crippen LogP) is 4.23. The Morgan fingerprint density at radius 2 is 1.64 bits per heavy atom. The number of carbonyl (C=O) groups is 1. The number of rotatable bonds is 9. The number of carbonyl (C=O) groups excluding carboxylic acids is 1. The minimum absolute atomic E-state index is 0.257. The van der Waals surface area contributed by atoms with Crippen LogP contribution >= 0.6 is 0 Å². The summed E-state index contributed by atoms with van der Waals surface area (Å²) in [5.74, 6) is 0.699. The lowest BCUT2D eigenvalue weighted by Crippen LogP contribution is -2.46. The Morgan fingerprint density at radius 3 is 2.18 bits per heavy atom. The maximum atomic E-state index is 13.1. The van der Waals surface area contributed by atoms with Crippen molar-refractivity contribution in [3.63, 3.8) is 0 Å². The molecular formula is C25H37N3O4S. The highest BCUT2D eigenvalue weighted by Crippen LogP contribution is 2.32. The number of hydrogen-bond donors (Lipinski definition) is 1. The van der Waals surface area contributed by atoms with Gasteiger partial charge in [0.15, 0.2) is 0 Å². The van der Waals surface area contributed by atoms with Crippen molar-refractivity contribution in [3.8, 4) is 5.75 Å². The van der Waals surface area contributed by atoms with E-state index < -0.39 is 10.2 Å². The predicted molar refractivity (Wildman–Crippen MR) is 134 cm³/mol. The van der Waals surface area contributed by atoms with Crippen LogP contribution in [0, 0.1) is 20.8 Å². The minimum Gasteiger partial charge on any atom is -0.496 e. The van der Waals surface area contributed by atoms with E-state index in [0.29, 0.717) is 5.69 Å². The van der Waals surface area contributed by atoms with E-state index in [1.807, 2.05) is 45.9 Å². The summed E-state index contributed by atoms with van der Waals surface area (Å²) < 4.78 is 34.0. The molecule has 1 N–H and O–H groups in total. The van der Waals surface area contributed by atoms with Gasteiger partial charge in [-0.25, -0.2) is 4.31 Å². The number of benzene rings is 2. The second-order valence-corrected chi connectivity index (χ2v) is 11.0. The van der Waals surface area contributed by atoms with Gasteiger partial charge >= 0.3 is 10.2 Å². The number of amides is 1. The number of aryl methyl sites for hydroxylation is 3. The molecule has 0 aliphatic carbocycles. The smallest absolute Gasteiger partial charge is 0.304 e. The zero-order chi connectivity index (χ0) is 25.1. The van der Waals surface area contributed by atoms with Crippen molar-refractivity contribution in [2.24, 2.45) is 0 Å². The number of hydrogen-bond acceptors (Lipinski definition) is 4. The molecule has 0 heterocycles. The number of anilines is 1. The van der Waals surface area contributed by atoms with Gasteiger partial charge in [0.25, 0.3) is 0 Å². The molecule has 0 spiro atoms. The molecule has 0 radical (unpaired) electrons. The third kappa shape index (κ3) is 6.06. The summed E-state index contributed by atoms with van der Waals surface area (Å²) in [6.07, 6.45) is 0. The Morgan fingerprint density at radius 1 is 1.00 bits per heavy atom. The van der Waals surface area contributed by atoms with E-state index in [-0.39, 0.29) is 24.4 Å². The van der Waals surface area contributed by atoms with E-state index in [9.17, 15) is 13.2 Å². The van der Waals surface area contributed by atoms with E-state index in [2.05, 4.69) is 25.2 Å². The molecule has 0 bridgehead atoms. The van der Waals surface area contributed by atoms with Gasteiger partial charge in [-0.3, -0.25) is 4.79 Å². The van der Waals surface area contributed by atoms with Gasteiger partial charge in [-0.05, 0) is 79.6 Å². The van der Waals surface area contributed by atoms with Gasteiger partial charge in [-0.1, -0.05) is 26.0 Å². The summed E-state index contributed by atoms with van der Waals surface area (Å²) in [5.41, 5.74) is 5.22. The van der Waals surface area contributed by atoms with Crippen LogP contribution in [0.3, 0.4) is 0 Å². The number of nitrogens with one attached hydrogen (secondary N) is 1. The van der Waals surface area contributed by atoms with E-state index in [1.54, 1.807) is 13.2 Å². The summed E-state index contributed by atoms with van der Waals surface area (Å²) in [5, 5.41) is 2.98. The highest BCUT2D eigenvalue weighted by molar-refractivity contribution is 7.90. The summed E-state index contributed by atoms with van der Waals surface area (Å²) >= 11 is 0. The molecule has 2 rings (SSSR count). The largest absolute Gasteiger partial charge is 0.496 e. The molecule has 0 aromatic heterocycles. The first kappa shape index (κ1) is 26.7. The van der Waals surface area contributed by atoms with Crippen molar-refractivity contribution >= 4 is 21.8 Å². The molecule has 1 amide bonds. The average molecular weight is 476 g/mol. The molecule has 33 heavy (non-hydrogen) atoms. The van der Waals surface area contributed by atoms with Gasteiger partial charge in [-0.15, -0.1) is 0 Å². The lowest BCUT2D eigenvalue weighted by Gasteiger charge is -2.29. The SMILES string of the molecule is COc1cc(C)c(C(C)NC(=O)CN(c2cc(C)ccc2C)S(=O)(=O)N(C)C)cc1C(C)C. The second kappa shape index (κ2) is 10.6. The number of ether oxygens (including phenoxy) is 1. The quantitative estimate of drug-likeness (QED) is 0.589. The fraction of sp³-hybridized carbons (Fsp3) is 0.480. The molecule has 8 heteroatoms. The normalized spacial score (nSPS) is 12.7. The zero-order valence-electron chi connectivity index (χ0n) is 21.2. The van der Waals surface area contributed by atoms with Crippen molar-refractivity contribution < 1.29 is 17.9 Å². The molecule has 1 atom stereocenters. The van der Waals surface area contributed by atoms with E-state index >= 15 is 0 Å². The highest BCUT2D eigenvalue weighted by atomic mass is 32.2. The molecule has 7 nitrogen and oxygen atoms in total. The third-order valence-corrected chi connectivity index (χ3v) is 7.55. The van der Waals surface area contributed by atoms with Gasteiger partial charge in [0.1, 0.15) is 12.3 Å². The second-order valence-electron chi connectivity index (χ2n) is 8.98. The average Bonchev–Trinajstić information content (AvgIpc) is 2.72. The zero-order valence-corrected chi connectivity index (χ0v) is 22.0. The van der Waals surface area contributed by atoms with E-state index in [4.69, 9.17) is 4.74 Å². The first-order valence-corrected chi connectivity index (χ1v) is 12.4. The molecule has 0 saturated heterocycles. The summed E-state index contributed by atoms with van der Waals surface area (Å²) in [4.78, 5) is 13.1. The van der Waals surface area contributed by atoms with Crippen molar-refractivity contribution in [1.29, 1.82) is 0 Å². The summed E-state index contributed by atoms with van der Waals surface area (Å²) in [6.45, 7) is 11.5. The van der Waals surface area contributed by atoms with Crippen LogP contribution in [0.2, 0.25) is 0 Å². The van der Waals surface area contributed by atoms with Crippen LogP contribution < -0.4 is 14.4 Å². The molecule has 0 aliphatic rings. The Hall–Kier alpha value is -2.58. The van der Waals surface area contributed by atoms with Crippen LogP contribution in [0.25, 0.3) is 0 Å². The molecule has 182 valence electrons. The number of methoxy groups -OCH3 is 1. The summed E-state index contributed by atoms with van der Waals surface area (Å²) in [7, 11) is 0.700. The molecule has 2 aromatic carbocycles. The Balaban J connectivity index is 2.36. The molecule has 0 fully saturated rings. The third-order valence-electron chi connectivity index (χ3n) is 5.74. The lowest BCUT2D eigenvalue weighted by molar-refractivity contribution is -0.120. The fourth-order valence-electron chi connectivity index (χ4n) is 3.78. The monoisotopic (exact) mass is 475 g/mol. The minimum atomic E-state index is -3.87. The molecular weight excluding hydrogens is 438 g/mol. The highest BCUT2D eigenvalue weighted by Gasteiger charge is 2.29. The Labute approximate surface area is 198 Å². The topological polar surface area (TPSA) is 79.0 Å². The van der Waals surface area contributed by atoms with Gasteiger partial charge in [0.2, 0.25) is 5.91 Å². The molecule has 2 aromatic rings. The van der Waals surface area contributed by atoms with Crippen molar-refractivity contribution in [2.75, 3.05) is 32.1 Å². The lowest BCUT2D eigenvalue weighted by atomic mass is 9.93. The van der Waals surface area contributed by atoms with Crippen LogP contribution in [0.1, 0.15) is 60.5 Å². The van der Waals surface area contributed by atoms with Crippen molar-refractivity contribution in [2.45, 2.75) is 53.5 Å². The molecule has 0 aliphatic heterocycles. The Bertz CT molecular complexity index is 1110. The Kier molecular flexibility index (Phi) is 8.54. The van der Waals surface area contributed by atoms with Gasteiger partial charge in [0, 0.05) is 14.1 Å². The summed E-state index contributed by atoms with van der Waals surface area (Å²) in [6, 6.07) is 9.30. The van der Waals surface area contributed by atoms with E-state index in [1.165, 1.54) is 14.1 Å². The molecule has 0 saturated carbocycles. The van der Waals surface area contributed by atoms with Crippen LogP contribution in [0.5, 0.6) is 5.75 Å². The van der Waals surface area contributed by atoms with Gasteiger partial charge in [0.05, 0.1) is 18.8 Å². The van der Waals surface area contributed by atoms with Crippen LogP contribution in [0.4, 0.5) is 5.69 Å². The molecule has 1 unspecified atom stereocenters. The first-order valence-electron chi connectivity index (χ1n) is 11.0. The number of nitrogens with zero attached hydrogens (tertiary/aromatic N) is 2. The standard InChI is InChI=1S/C25H37N3O4S/c1-16(2)21-14-22(19(5)13-24(21)32-9)20(6)26-25(29)15-28(33(30,31)27(7)8)23-12-17(3)10-11-18(23)4/h10-14,16,20H,15H2,1-9H3,(H,26,29). The van der Waals surface area contributed by atoms with Crippen LogP contribution in [-0.4, -0.2) is 46.4 Å². The van der Waals surface area contributed by atoms with Crippen LogP contribution in [0.15, 0.2) is 30.3 Å². The maximum Gasteiger partial charge on any atom is 0.304 e. The fourth-order valence-corrected chi connectivity index (χ4v) is 4.90. The van der Waals surface area contributed by atoms with Crippen molar-refractivity contribution in [1.82, 2.24) is 9.62 Å². The van der Waals surface area contributed by atoms with Crippen LogP contribution in [-0.2, 0) is 15.0 Å². The van der Waals surface area contributed by atoms with Crippen molar-refractivity contribution in [3.05, 3.63) is 58.1 Å².